The lowest BCUT2D eigenvalue weighted by molar-refractivity contribution is -0.383. The number of aryl methyl sites for hydroxylation is 1. The van der Waals surface area contributed by atoms with E-state index in [1.54, 1.807) is 12.1 Å². The summed E-state index contributed by atoms with van der Waals surface area (Å²) in [6, 6.07) is 23.7. The lowest BCUT2D eigenvalue weighted by Crippen LogP contribution is -2.15. The average molecular weight is 475 g/mol. The molecule has 34 heavy (non-hydrogen) atoms. The van der Waals surface area contributed by atoms with Crippen molar-refractivity contribution in [2.75, 3.05) is 16.4 Å². The minimum atomic E-state index is -0.526. The largest absolute Gasteiger partial charge is 0.378 e. The highest BCUT2D eigenvalue weighted by molar-refractivity contribution is 7.99. The van der Waals surface area contributed by atoms with Crippen molar-refractivity contribution in [3.63, 3.8) is 0 Å². The Morgan fingerprint density at radius 1 is 1.00 bits per heavy atom. The smallest absolute Gasteiger partial charge is 0.292 e. The lowest BCUT2D eigenvalue weighted by atomic mass is 10.2. The van der Waals surface area contributed by atoms with Crippen LogP contribution >= 0.6 is 11.8 Å². The molecule has 0 saturated heterocycles. The normalized spacial score (nSPS) is 10.6. The number of nitrogens with one attached hydrogen (secondary N) is 2. The average Bonchev–Trinajstić information content (AvgIpc) is 3.26. The first-order valence-corrected chi connectivity index (χ1v) is 11.5. The second-order valence-electron chi connectivity index (χ2n) is 7.40. The van der Waals surface area contributed by atoms with E-state index in [0.717, 1.165) is 11.4 Å². The van der Waals surface area contributed by atoms with Gasteiger partial charge >= 0.3 is 0 Å². The first-order chi connectivity index (χ1) is 16.5. The lowest BCUT2D eigenvalue weighted by Gasteiger charge is -2.11. The molecule has 0 bridgehead atoms. The molecule has 0 fully saturated rings. The number of para-hydroxylation sites is 3. The summed E-state index contributed by atoms with van der Waals surface area (Å²) in [5.41, 5.74) is 3.01. The first-order valence-electron chi connectivity index (χ1n) is 10.5. The molecule has 0 aliphatic carbocycles. The zero-order chi connectivity index (χ0) is 23.9. The van der Waals surface area contributed by atoms with E-state index in [2.05, 4.69) is 20.8 Å². The molecular weight excluding hydrogens is 452 g/mol. The fourth-order valence-corrected chi connectivity index (χ4v) is 4.02. The minimum Gasteiger partial charge on any atom is -0.378 e. The van der Waals surface area contributed by atoms with Crippen LogP contribution in [0.3, 0.4) is 0 Å². The molecule has 0 radical (unpaired) electrons. The fraction of sp³-hybridized carbons (Fsp3) is 0.125. The van der Waals surface area contributed by atoms with Crippen LogP contribution in [0, 0.1) is 17.0 Å². The number of nitro benzene ring substituents is 1. The molecule has 1 heterocycles. The maximum absolute atomic E-state index is 12.5. The van der Waals surface area contributed by atoms with Crippen LogP contribution in [-0.2, 0) is 11.3 Å². The van der Waals surface area contributed by atoms with Crippen LogP contribution in [0.4, 0.5) is 17.1 Å². The third-order valence-electron chi connectivity index (χ3n) is 4.92. The van der Waals surface area contributed by atoms with Crippen LogP contribution in [0.5, 0.6) is 0 Å². The molecule has 4 aromatic rings. The molecule has 0 aliphatic heterocycles. The highest BCUT2D eigenvalue weighted by Gasteiger charge is 2.18. The van der Waals surface area contributed by atoms with Gasteiger partial charge in [0.15, 0.2) is 11.0 Å². The molecule has 2 N–H and O–H groups in total. The van der Waals surface area contributed by atoms with Crippen molar-refractivity contribution < 1.29 is 9.72 Å². The van der Waals surface area contributed by atoms with Gasteiger partial charge in [0.05, 0.1) is 17.2 Å². The van der Waals surface area contributed by atoms with E-state index in [0.29, 0.717) is 17.5 Å². The molecule has 0 atom stereocenters. The third-order valence-corrected chi connectivity index (χ3v) is 5.85. The number of rotatable bonds is 9. The summed E-state index contributed by atoms with van der Waals surface area (Å²) < 4.78 is 1.89. The van der Waals surface area contributed by atoms with E-state index in [1.807, 2.05) is 66.1 Å². The van der Waals surface area contributed by atoms with Crippen molar-refractivity contribution in [1.29, 1.82) is 0 Å². The maximum Gasteiger partial charge on any atom is 0.292 e. The van der Waals surface area contributed by atoms with Gasteiger partial charge in [0, 0.05) is 17.4 Å². The molecule has 3 aromatic carbocycles. The number of anilines is 2. The Morgan fingerprint density at radius 3 is 2.44 bits per heavy atom. The van der Waals surface area contributed by atoms with Crippen LogP contribution in [0.15, 0.2) is 84.0 Å². The second-order valence-corrected chi connectivity index (χ2v) is 8.34. The van der Waals surface area contributed by atoms with Gasteiger partial charge in [0.25, 0.3) is 5.69 Å². The molecule has 0 saturated carbocycles. The van der Waals surface area contributed by atoms with E-state index in [9.17, 15) is 14.9 Å². The second kappa shape index (κ2) is 10.6. The predicted molar refractivity (Wildman–Crippen MR) is 132 cm³/mol. The number of hydrogen-bond acceptors (Lipinski definition) is 7. The van der Waals surface area contributed by atoms with Crippen molar-refractivity contribution in [2.45, 2.75) is 18.6 Å². The Hall–Kier alpha value is -4.18. The fourth-order valence-electron chi connectivity index (χ4n) is 3.25. The van der Waals surface area contributed by atoms with Crippen molar-refractivity contribution in [3.8, 4) is 5.69 Å². The third kappa shape index (κ3) is 5.59. The van der Waals surface area contributed by atoms with Crippen molar-refractivity contribution >= 4 is 34.7 Å². The number of carbonyl (C=O) groups excluding carboxylic acids is 1. The van der Waals surface area contributed by atoms with Gasteiger partial charge in [-0.15, -0.1) is 10.2 Å². The van der Waals surface area contributed by atoms with Crippen LogP contribution in [0.2, 0.25) is 0 Å². The van der Waals surface area contributed by atoms with Gasteiger partial charge in [-0.3, -0.25) is 19.5 Å². The number of amides is 1. The molecule has 1 amide bonds. The topological polar surface area (TPSA) is 115 Å². The van der Waals surface area contributed by atoms with Crippen molar-refractivity contribution in [1.82, 2.24) is 14.8 Å². The molecular formula is C24H22N6O3S. The Labute approximate surface area is 200 Å². The van der Waals surface area contributed by atoms with E-state index in [4.69, 9.17) is 0 Å². The van der Waals surface area contributed by atoms with Gasteiger partial charge in [-0.05, 0) is 37.3 Å². The van der Waals surface area contributed by atoms with Crippen molar-refractivity contribution in [3.05, 3.63) is 100 Å². The van der Waals surface area contributed by atoms with Crippen LogP contribution < -0.4 is 10.6 Å². The van der Waals surface area contributed by atoms with Gasteiger partial charge in [0.1, 0.15) is 5.69 Å². The quantitative estimate of drug-likeness (QED) is 0.203. The number of hydrogen-bond donors (Lipinski definition) is 2. The molecule has 172 valence electrons. The first kappa shape index (κ1) is 23.0. The summed E-state index contributed by atoms with van der Waals surface area (Å²) >= 11 is 1.21. The number of carbonyl (C=O) groups is 1. The Kier molecular flexibility index (Phi) is 7.19. The molecule has 0 unspecified atom stereocenters. The SMILES string of the molecule is Cc1ccc(NCc2nnc(SCC(=O)Nc3ccccc3[N+](=O)[O-])n2-c2ccccc2)cc1. The number of thioether (sulfide) groups is 1. The van der Waals surface area contributed by atoms with Crippen LogP contribution in [0.1, 0.15) is 11.4 Å². The molecule has 0 spiro atoms. The van der Waals surface area contributed by atoms with E-state index < -0.39 is 4.92 Å². The summed E-state index contributed by atoms with van der Waals surface area (Å²) in [6.45, 7) is 2.47. The minimum absolute atomic E-state index is 0.0163. The molecule has 4 rings (SSSR count). The molecule has 1 aromatic heterocycles. The Bertz CT molecular complexity index is 1290. The number of benzene rings is 3. The zero-order valence-corrected chi connectivity index (χ0v) is 19.2. The summed E-state index contributed by atoms with van der Waals surface area (Å²) in [5, 5.41) is 26.3. The van der Waals surface area contributed by atoms with Gasteiger partial charge in [0.2, 0.25) is 5.91 Å². The molecule has 0 aliphatic rings. The van der Waals surface area contributed by atoms with E-state index >= 15 is 0 Å². The summed E-state index contributed by atoms with van der Waals surface area (Å²) in [6.07, 6.45) is 0. The van der Waals surface area contributed by atoms with Crippen molar-refractivity contribution in [2.24, 2.45) is 0 Å². The highest BCUT2D eigenvalue weighted by Crippen LogP contribution is 2.25. The van der Waals surface area contributed by atoms with E-state index in [1.165, 1.54) is 29.5 Å². The summed E-state index contributed by atoms with van der Waals surface area (Å²) in [7, 11) is 0. The van der Waals surface area contributed by atoms with Gasteiger partial charge in [-0.2, -0.15) is 0 Å². The Balaban J connectivity index is 1.49. The maximum atomic E-state index is 12.5. The highest BCUT2D eigenvalue weighted by atomic mass is 32.2. The van der Waals surface area contributed by atoms with Crippen LogP contribution in [-0.4, -0.2) is 31.3 Å². The molecule has 10 heteroatoms. The van der Waals surface area contributed by atoms with Gasteiger partial charge < -0.3 is 10.6 Å². The number of nitrogens with zero attached hydrogens (tertiary/aromatic N) is 4. The summed E-state index contributed by atoms with van der Waals surface area (Å²) in [4.78, 5) is 23.2. The monoisotopic (exact) mass is 474 g/mol. The molecule has 9 nitrogen and oxygen atoms in total. The van der Waals surface area contributed by atoms with Gasteiger partial charge in [-0.25, -0.2) is 0 Å². The summed E-state index contributed by atoms with van der Waals surface area (Å²) in [5.74, 6) is 0.331. The number of aromatic nitrogens is 3. The van der Waals surface area contributed by atoms with E-state index in [-0.39, 0.29) is 23.0 Å². The number of nitro groups is 1. The van der Waals surface area contributed by atoms with Crippen LogP contribution in [0.25, 0.3) is 5.69 Å². The predicted octanol–water partition coefficient (Wildman–Crippen LogP) is 4.83. The Morgan fingerprint density at radius 2 is 1.71 bits per heavy atom. The standard InChI is InChI=1S/C24H22N6O3S/c1-17-11-13-18(14-12-17)25-15-22-27-28-24(29(22)19-7-3-2-4-8-19)34-16-23(31)26-20-9-5-6-10-21(20)30(32)33/h2-14,25H,15-16H2,1H3,(H,26,31). The zero-order valence-electron chi connectivity index (χ0n) is 18.3. The van der Waals surface area contributed by atoms with Gasteiger partial charge in [-0.1, -0.05) is 59.8 Å².